The van der Waals surface area contributed by atoms with Gasteiger partial charge in [0.05, 0.1) is 5.34 Å². The molecule has 0 radical (unpaired) electrons. The predicted octanol–water partition coefficient (Wildman–Crippen LogP) is 6.55. The highest BCUT2D eigenvalue weighted by atomic mass is 35.5. The van der Waals surface area contributed by atoms with E-state index in [-0.39, 0.29) is 35.6 Å². The van der Waals surface area contributed by atoms with Gasteiger partial charge in [-0.05, 0) is 73.8 Å². The van der Waals surface area contributed by atoms with Crippen molar-refractivity contribution in [2.45, 2.75) is 90.5 Å². The van der Waals surface area contributed by atoms with Crippen LogP contribution in [0.3, 0.4) is 0 Å². The molecule has 0 aromatic carbocycles. The number of hydrogen-bond donors (Lipinski definition) is 3. The molecule has 0 aromatic rings. The van der Waals surface area contributed by atoms with Gasteiger partial charge in [-0.25, -0.2) is 19.2 Å². The van der Waals surface area contributed by atoms with Gasteiger partial charge in [0.1, 0.15) is 11.2 Å². The third-order valence-corrected chi connectivity index (χ3v) is 5.09. The fraction of sp³-hybridized carbons (Fsp3) is 0.840. The number of hydrogen-bond acceptors (Lipinski definition) is 9. The highest BCUT2D eigenvalue weighted by Gasteiger charge is 2.27. The number of rotatable bonds is 4. The molecule has 0 bridgehead atoms. The van der Waals surface area contributed by atoms with Crippen molar-refractivity contribution in [1.82, 2.24) is 20.9 Å². The van der Waals surface area contributed by atoms with Gasteiger partial charge in [0, 0.05) is 43.3 Å². The van der Waals surface area contributed by atoms with Crippen molar-refractivity contribution in [3.63, 3.8) is 0 Å². The van der Waals surface area contributed by atoms with E-state index in [1.807, 2.05) is 20.8 Å². The third kappa shape index (κ3) is 27.5. The number of amides is 3. The summed E-state index contributed by atoms with van der Waals surface area (Å²) in [5, 5.41) is 9.04. The van der Waals surface area contributed by atoms with Crippen molar-refractivity contribution < 1.29 is 38.1 Å². The zero-order valence-corrected chi connectivity index (χ0v) is 28.8. The van der Waals surface area contributed by atoms with Gasteiger partial charge in [0.2, 0.25) is 0 Å². The number of alkyl carbamates (subject to hydrolysis) is 2. The van der Waals surface area contributed by atoms with Crippen LogP contribution in [0.15, 0.2) is 0 Å². The molecule has 0 saturated carbocycles. The van der Waals surface area contributed by atoms with E-state index in [4.69, 9.17) is 60.6 Å². The zero-order valence-electron chi connectivity index (χ0n) is 25.0. The molecule has 2 heterocycles. The van der Waals surface area contributed by atoms with Crippen LogP contribution >= 0.6 is 58.0 Å². The average Bonchev–Trinajstić information content (AvgIpc) is 2.84. The van der Waals surface area contributed by atoms with Gasteiger partial charge in [-0.15, -0.1) is 23.2 Å². The summed E-state index contributed by atoms with van der Waals surface area (Å²) in [4.78, 5) is 45.6. The van der Waals surface area contributed by atoms with Gasteiger partial charge in [0.25, 0.3) is 0 Å². The van der Waals surface area contributed by atoms with Crippen molar-refractivity contribution in [3.8, 4) is 0 Å². The van der Waals surface area contributed by atoms with E-state index in [0.29, 0.717) is 13.1 Å². The molecular formula is C25H45Cl5N4O8. The minimum Gasteiger partial charge on any atom is -0.444 e. The molecule has 2 saturated heterocycles. The summed E-state index contributed by atoms with van der Waals surface area (Å²) >= 11 is 24.4. The summed E-state index contributed by atoms with van der Waals surface area (Å²) in [6.07, 6.45) is 2.52. The van der Waals surface area contributed by atoms with Gasteiger partial charge in [-0.3, -0.25) is 0 Å². The third-order valence-electron chi connectivity index (χ3n) is 4.76. The summed E-state index contributed by atoms with van der Waals surface area (Å²) < 4.78 is 19.0. The van der Waals surface area contributed by atoms with E-state index in [9.17, 15) is 19.2 Å². The molecule has 2 aliphatic heterocycles. The van der Waals surface area contributed by atoms with E-state index in [1.54, 1.807) is 20.8 Å². The lowest BCUT2D eigenvalue weighted by Crippen LogP contribution is -2.50. The van der Waals surface area contributed by atoms with Crippen LogP contribution in [0.4, 0.5) is 19.2 Å². The molecule has 2 rings (SSSR count). The Morgan fingerprint density at radius 2 is 1.29 bits per heavy atom. The molecule has 12 nitrogen and oxygen atoms in total. The van der Waals surface area contributed by atoms with Crippen LogP contribution in [0.5, 0.6) is 0 Å². The Labute approximate surface area is 274 Å². The molecule has 2 atom stereocenters. The number of ether oxygens (including phenoxy) is 4. The Balaban J connectivity index is 0. The summed E-state index contributed by atoms with van der Waals surface area (Å²) in [6, 6.07) is -0.243. The largest absolute Gasteiger partial charge is 0.444 e. The van der Waals surface area contributed by atoms with Gasteiger partial charge in [-0.1, -0.05) is 23.2 Å². The lowest BCUT2D eigenvalue weighted by Gasteiger charge is -2.32. The molecule has 17 heteroatoms. The van der Waals surface area contributed by atoms with Gasteiger partial charge in [0.15, 0.2) is 12.1 Å². The lowest BCUT2D eigenvalue weighted by atomic mass is 10.1. The Morgan fingerprint density at radius 3 is 1.67 bits per heavy atom. The molecule has 0 spiro atoms. The van der Waals surface area contributed by atoms with Gasteiger partial charge >= 0.3 is 23.7 Å². The van der Waals surface area contributed by atoms with Crippen molar-refractivity contribution in [3.05, 3.63) is 0 Å². The number of nitrogens with one attached hydrogen (secondary N) is 3. The minimum atomic E-state index is -0.870. The summed E-state index contributed by atoms with van der Waals surface area (Å²) in [5.74, 6) is 0. The smallest absolute Gasteiger partial charge is 0.411 e. The standard InChI is InChI=1S/C12H21ClN2O4.C10H20N2O2.C2H2Cl2O2.CH2Cl2/c1-12(2,3)19-10(16)14-9-5-4-6-15(7-9)11(17)18-8-13;1-10(2,3)14-9(13)12-8-5-4-6-11-7-8;3-1-6-2(4)5;2-1-3/h9H,4-8H2,1-3H3,(H,14,16);8,11H,4-7H2,1-3H3,(H,12,13);1H2;1H2/t9-;8-;;/m11../s1. The second kappa shape index (κ2) is 24.1. The first-order valence-electron chi connectivity index (χ1n) is 13.2. The highest BCUT2D eigenvalue weighted by Crippen LogP contribution is 2.13. The SMILES string of the molecule is CC(C)(C)OC(=O)N[C@@H]1CCCN(C(=O)OCCl)C1.CC(C)(C)OC(=O)N[C@@H]1CCCNC1.ClCCl.O=C(Cl)OCCl. The second-order valence-corrected chi connectivity index (χ2v) is 12.3. The maximum atomic E-state index is 11.6. The summed E-state index contributed by atoms with van der Waals surface area (Å²) in [5.41, 5.74) is -1.81. The maximum Gasteiger partial charge on any atom is 0.411 e. The molecule has 3 N–H and O–H groups in total. The van der Waals surface area contributed by atoms with Crippen LogP contribution in [0.1, 0.15) is 67.2 Å². The minimum absolute atomic E-state index is 0.119. The Kier molecular flexibility index (Phi) is 24.5. The molecular weight excluding hydrogens is 662 g/mol. The average molecular weight is 707 g/mol. The first-order chi connectivity index (χ1) is 19.5. The second-order valence-electron chi connectivity index (χ2n) is 10.7. The molecule has 3 amide bonds. The fourth-order valence-corrected chi connectivity index (χ4v) is 3.67. The van der Waals surface area contributed by atoms with Crippen LogP contribution in [-0.4, -0.2) is 95.5 Å². The lowest BCUT2D eigenvalue weighted by molar-refractivity contribution is 0.0459. The zero-order chi connectivity index (χ0) is 32.8. The van der Waals surface area contributed by atoms with E-state index < -0.39 is 28.8 Å². The topological polar surface area (TPSA) is 145 Å². The summed E-state index contributed by atoms with van der Waals surface area (Å²) in [6.45, 7) is 13.9. The Bertz CT molecular complexity index is 779. The van der Waals surface area contributed by atoms with Crippen molar-refractivity contribution in [2.75, 3.05) is 43.7 Å². The maximum absolute atomic E-state index is 11.6. The molecule has 248 valence electrons. The number of carbonyl (C=O) groups excluding carboxylic acids is 4. The van der Waals surface area contributed by atoms with Crippen LogP contribution in [0.2, 0.25) is 0 Å². The Morgan fingerprint density at radius 1 is 0.810 bits per heavy atom. The van der Waals surface area contributed by atoms with E-state index in [2.05, 4.69) is 32.3 Å². The molecule has 2 fully saturated rings. The molecule has 2 aliphatic rings. The molecule has 0 unspecified atom stereocenters. The Hall–Kier alpha value is -1.31. The summed E-state index contributed by atoms with van der Waals surface area (Å²) in [7, 11) is 0. The molecule has 0 aliphatic carbocycles. The predicted molar refractivity (Wildman–Crippen MR) is 166 cm³/mol. The number of carbonyl (C=O) groups is 4. The normalized spacial score (nSPS) is 18.1. The van der Waals surface area contributed by atoms with E-state index in [1.165, 1.54) is 4.90 Å². The van der Waals surface area contributed by atoms with Crippen LogP contribution in [0, 0.1) is 0 Å². The number of halogens is 5. The highest BCUT2D eigenvalue weighted by molar-refractivity contribution is 6.61. The first-order valence-corrected chi connectivity index (χ1v) is 15.7. The fourth-order valence-electron chi connectivity index (χ4n) is 3.37. The number of piperidine rings is 2. The first kappa shape index (κ1) is 42.8. The number of alkyl halides is 4. The van der Waals surface area contributed by atoms with Crippen molar-refractivity contribution >= 4 is 81.7 Å². The monoisotopic (exact) mass is 704 g/mol. The van der Waals surface area contributed by atoms with Crippen LogP contribution in [0.25, 0.3) is 0 Å². The van der Waals surface area contributed by atoms with Crippen molar-refractivity contribution in [1.29, 1.82) is 0 Å². The van der Waals surface area contributed by atoms with Gasteiger partial charge < -0.3 is 39.8 Å². The number of likely N-dealkylation sites (tertiary alicyclic amines) is 1. The van der Waals surface area contributed by atoms with E-state index >= 15 is 0 Å². The number of nitrogens with zero attached hydrogens (tertiary/aromatic N) is 1. The van der Waals surface area contributed by atoms with Crippen LogP contribution < -0.4 is 16.0 Å². The quantitative estimate of drug-likeness (QED) is 0.168. The van der Waals surface area contributed by atoms with Gasteiger partial charge in [-0.2, -0.15) is 0 Å². The van der Waals surface area contributed by atoms with E-state index in [0.717, 1.165) is 38.8 Å². The molecule has 42 heavy (non-hydrogen) atoms. The molecule has 0 aromatic heterocycles. The van der Waals surface area contributed by atoms with Crippen molar-refractivity contribution in [2.24, 2.45) is 0 Å². The van der Waals surface area contributed by atoms with Crippen LogP contribution in [-0.2, 0) is 18.9 Å².